The molecule has 166 valence electrons. The van der Waals surface area contributed by atoms with Gasteiger partial charge in [-0.05, 0) is 43.7 Å². The number of hydrogen-bond donors (Lipinski definition) is 3. The second kappa shape index (κ2) is 12.9. The maximum Gasteiger partial charge on any atom is 0.238 e. The smallest absolute Gasteiger partial charge is 0.238 e. The predicted molar refractivity (Wildman–Crippen MR) is 133 cm³/mol. The average molecular weight is 545 g/mol. The summed E-state index contributed by atoms with van der Waals surface area (Å²) < 4.78 is 22.6. The molecule has 0 aromatic heterocycles. The summed E-state index contributed by atoms with van der Waals surface area (Å²) >= 11 is 0. The number of aliphatic imine (C=N–C) groups is 1. The fourth-order valence-electron chi connectivity index (χ4n) is 2.85. The van der Waals surface area contributed by atoms with Gasteiger partial charge in [-0.1, -0.05) is 42.5 Å². The molecule has 0 spiro atoms. The molecule has 2 aromatic rings. The third kappa shape index (κ3) is 8.99. The molecule has 0 saturated carbocycles. The Balaban J connectivity index is 0.00000450. The summed E-state index contributed by atoms with van der Waals surface area (Å²) in [6.45, 7) is 4.47. The fourth-order valence-corrected chi connectivity index (χ4v) is 3.37. The molecule has 0 fully saturated rings. The number of sulfonamides is 1. The molecule has 0 aliphatic rings. The first-order valence-electron chi connectivity index (χ1n) is 9.60. The first-order valence-corrected chi connectivity index (χ1v) is 11.1. The van der Waals surface area contributed by atoms with Gasteiger partial charge in [0, 0.05) is 32.7 Å². The molecule has 0 aliphatic carbocycles. The zero-order valence-corrected chi connectivity index (χ0v) is 20.9. The lowest BCUT2D eigenvalue weighted by molar-refractivity contribution is 0.238. The molecule has 0 amide bonds. The second-order valence-corrected chi connectivity index (χ2v) is 8.64. The van der Waals surface area contributed by atoms with Gasteiger partial charge >= 0.3 is 0 Å². The standard InChI is InChI=1S/C21H31N5O2S.HI/c1-17(26(3)16-19-7-5-4-6-8-19)13-14-24-21(23-2)25-15-18-9-11-20(12-10-18)29(22,27)28;/h4-12,17H,13-16H2,1-3H3,(H2,22,27,28)(H2,23,24,25);1H. The van der Waals surface area contributed by atoms with Crippen LogP contribution in [0.1, 0.15) is 24.5 Å². The van der Waals surface area contributed by atoms with Crippen LogP contribution < -0.4 is 15.8 Å². The number of rotatable bonds is 9. The van der Waals surface area contributed by atoms with Crippen LogP contribution in [0, 0.1) is 0 Å². The maximum atomic E-state index is 11.3. The Kier molecular flexibility index (Phi) is 11.3. The normalized spacial score (nSPS) is 12.9. The lowest BCUT2D eigenvalue weighted by atomic mass is 10.1. The summed E-state index contributed by atoms with van der Waals surface area (Å²) in [5, 5.41) is 11.7. The van der Waals surface area contributed by atoms with Crippen LogP contribution in [0.5, 0.6) is 0 Å². The summed E-state index contributed by atoms with van der Waals surface area (Å²) in [4.78, 5) is 6.68. The van der Waals surface area contributed by atoms with Gasteiger partial charge in [-0.2, -0.15) is 0 Å². The van der Waals surface area contributed by atoms with Crippen LogP contribution in [0.3, 0.4) is 0 Å². The number of nitrogens with two attached hydrogens (primary N) is 1. The number of halogens is 1. The van der Waals surface area contributed by atoms with Gasteiger partial charge in [0.2, 0.25) is 10.0 Å². The van der Waals surface area contributed by atoms with Crippen LogP contribution in [-0.2, 0) is 23.1 Å². The summed E-state index contributed by atoms with van der Waals surface area (Å²) in [7, 11) is 0.198. The quantitative estimate of drug-likeness (QED) is 0.256. The minimum atomic E-state index is -3.66. The molecular weight excluding hydrogens is 513 g/mol. The predicted octanol–water partition coefficient (Wildman–Crippen LogP) is 2.53. The summed E-state index contributed by atoms with van der Waals surface area (Å²) in [5.74, 6) is 0.707. The average Bonchev–Trinajstić information content (AvgIpc) is 2.70. The number of nitrogens with one attached hydrogen (secondary N) is 2. The zero-order chi connectivity index (χ0) is 21.3. The highest BCUT2D eigenvalue weighted by Gasteiger charge is 2.10. The number of primary sulfonamides is 1. The van der Waals surface area contributed by atoms with E-state index in [4.69, 9.17) is 5.14 Å². The van der Waals surface area contributed by atoms with Crippen LogP contribution in [0.15, 0.2) is 64.5 Å². The molecule has 4 N–H and O–H groups in total. The van der Waals surface area contributed by atoms with E-state index in [1.807, 2.05) is 6.07 Å². The van der Waals surface area contributed by atoms with Crippen molar-refractivity contribution in [2.75, 3.05) is 20.6 Å². The first-order chi connectivity index (χ1) is 13.8. The zero-order valence-electron chi connectivity index (χ0n) is 17.7. The van der Waals surface area contributed by atoms with Crippen LogP contribution in [0.25, 0.3) is 0 Å². The Bertz CT molecular complexity index is 889. The Hall–Kier alpha value is -1.69. The molecule has 7 nitrogen and oxygen atoms in total. The molecule has 1 atom stereocenters. The van der Waals surface area contributed by atoms with E-state index in [1.54, 1.807) is 19.2 Å². The van der Waals surface area contributed by atoms with Gasteiger partial charge in [0.1, 0.15) is 0 Å². The molecular formula is C21H32IN5O2S. The van der Waals surface area contributed by atoms with E-state index in [2.05, 4.69) is 58.8 Å². The van der Waals surface area contributed by atoms with Crippen molar-refractivity contribution >= 4 is 40.0 Å². The van der Waals surface area contributed by atoms with Crippen LogP contribution in [-0.4, -0.2) is 46.0 Å². The fraction of sp³-hybridized carbons (Fsp3) is 0.381. The molecule has 2 rings (SSSR count). The lowest BCUT2D eigenvalue weighted by Gasteiger charge is -2.25. The van der Waals surface area contributed by atoms with Gasteiger partial charge in [0.05, 0.1) is 4.90 Å². The maximum absolute atomic E-state index is 11.3. The number of hydrogen-bond acceptors (Lipinski definition) is 4. The highest BCUT2D eigenvalue weighted by molar-refractivity contribution is 14.0. The van der Waals surface area contributed by atoms with Gasteiger partial charge in [-0.3, -0.25) is 9.89 Å². The Morgan fingerprint density at radius 1 is 1.07 bits per heavy atom. The monoisotopic (exact) mass is 545 g/mol. The summed E-state index contributed by atoms with van der Waals surface area (Å²) in [6.07, 6.45) is 0.979. The van der Waals surface area contributed by atoms with Crippen molar-refractivity contribution in [3.63, 3.8) is 0 Å². The molecule has 0 radical (unpaired) electrons. The second-order valence-electron chi connectivity index (χ2n) is 7.08. The molecule has 0 saturated heterocycles. The van der Waals surface area contributed by atoms with Gasteiger partial charge in [-0.25, -0.2) is 13.6 Å². The lowest BCUT2D eigenvalue weighted by Crippen LogP contribution is -2.39. The van der Waals surface area contributed by atoms with Crippen LogP contribution in [0.4, 0.5) is 0 Å². The molecule has 9 heteroatoms. The van der Waals surface area contributed by atoms with Gasteiger partial charge < -0.3 is 10.6 Å². The van der Waals surface area contributed by atoms with Gasteiger partial charge in [-0.15, -0.1) is 24.0 Å². The molecule has 0 bridgehead atoms. The van der Waals surface area contributed by atoms with E-state index in [1.165, 1.54) is 17.7 Å². The van der Waals surface area contributed by atoms with Crippen molar-refractivity contribution in [3.05, 3.63) is 65.7 Å². The van der Waals surface area contributed by atoms with Gasteiger partial charge in [0.15, 0.2) is 5.96 Å². The van der Waals surface area contributed by atoms with Gasteiger partial charge in [0.25, 0.3) is 0 Å². The van der Waals surface area contributed by atoms with E-state index in [0.717, 1.165) is 25.1 Å². The number of benzene rings is 2. The molecule has 0 aliphatic heterocycles. The Morgan fingerprint density at radius 3 is 2.27 bits per heavy atom. The highest BCUT2D eigenvalue weighted by Crippen LogP contribution is 2.09. The third-order valence-electron chi connectivity index (χ3n) is 4.82. The Labute approximate surface area is 197 Å². The van der Waals surface area contributed by atoms with E-state index >= 15 is 0 Å². The van der Waals surface area contributed by atoms with Crippen LogP contribution in [0.2, 0.25) is 0 Å². The first kappa shape index (κ1) is 26.3. The summed E-state index contributed by atoms with van der Waals surface area (Å²) in [5.41, 5.74) is 2.25. The van der Waals surface area contributed by atoms with Crippen molar-refractivity contribution < 1.29 is 8.42 Å². The van der Waals surface area contributed by atoms with E-state index in [-0.39, 0.29) is 28.9 Å². The molecule has 2 aromatic carbocycles. The molecule has 0 heterocycles. The van der Waals surface area contributed by atoms with Crippen molar-refractivity contribution in [1.29, 1.82) is 0 Å². The van der Waals surface area contributed by atoms with Crippen molar-refractivity contribution in [1.82, 2.24) is 15.5 Å². The minimum absolute atomic E-state index is 0. The topological polar surface area (TPSA) is 99.8 Å². The molecule has 30 heavy (non-hydrogen) atoms. The van der Waals surface area contributed by atoms with E-state index in [0.29, 0.717) is 18.5 Å². The van der Waals surface area contributed by atoms with Crippen molar-refractivity contribution in [3.8, 4) is 0 Å². The number of guanidine groups is 1. The van der Waals surface area contributed by atoms with Crippen LogP contribution >= 0.6 is 24.0 Å². The van der Waals surface area contributed by atoms with E-state index in [9.17, 15) is 8.42 Å². The largest absolute Gasteiger partial charge is 0.356 e. The SMILES string of the molecule is CN=C(NCCC(C)N(C)Cc1ccccc1)NCc1ccc(S(N)(=O)=O)cc1.I. The van der Waals surface area contributed by atoms with E-state index < -0.39 is 10.0 Å². The number of nitrogens with zero attached hydrogens (tertiary/aromatic N) is 2. The minimum Gasteiger partial charge on any atom is -0.356 e. The highest BCUT2D eigenvalue weighted by atomic mass is 127. The summed E-state index contributed by atoms with van der Waals surface area (Å²) in [6, 6.07) is 17.4. The Morgan fingerprint density at radius 2 is 1.70 bits per heavy atom. The van der Waals surface area contributed by atoms with Crippen molar-refractivity contribution in [2.24, 2.45) is 10.1 Å². The third-order valence-corrected chi connectivity index (χ3v) is 5.75. The molecule has 1 unspecified atom stereocenters. The van der Waals surface area contributed by atoms with Crippen molar-refractivity contribution in [2.45, 2.75) is 37.4 Å².